The van der Waals surface area contributed by atoms with E-state index >= 15 is 0 Å². The monoisotopic (exact) mass is 245 g/mol. The van der Waals surface area contributed by atoms with Crippen LogP contribution in [-0.2, 0) is 0 Å². The summed E-state index contributed by atoms with van der Waals surface area (Å²) in [6.45, 7) is 0. The van der Waals surface area contributed by atoms with E-state index in [9.17, 15) is 4.39 Å². The summed E-state index contributed by atoms with van der Waals surface area (Å²) in [5, 5.41) is 1.79. The third-order valence-corrected chi connectivity index (χ3v) is 2.99. The molecule has 3 aromatic rings. The van der Waals surface area contributed by atoms with E-state index in [4.69, 9.17) is 11.6 Å². The lowest BCUT2D eigenvalue weighted by atomic mass is 10.2. The Kier molecular flexibility index (Phi) is 2.37. The summed E-state index contributed by atoms with van der Waals surface area (Å²) in [6.07, 6.45) is 1.95. The van der Waals surface area contributed by atoms with E-state index in [1.54, 1.807) is 12.1 Å². The van der Waals surface area contributed by atoms with Gasteiger partial charge in [0.25, 0.3) is 0 Å². The number of hydrogen-bond donors (Lipinski definition) is 0. The SMILES string of the molecule is Fc1ccc(-n2ccc3cc(Cl)ccc32)cc1. The largest absolute Gasteiger partial charge is 0.317 e. The first-order valence-electron chi connectivity index (χ1n) is 5.26. The highest BCUT2D eigenvalue weighted by Gasteiger charge is 2.03. The first kappa shape index (κ1) is 10.4. The minimum Gasteiger partial charge on any atom is -0.317 e. The van der Waals surface area contributed by atoms with Crippen LogP contribution < -0.4 is 0 Å². The standard InChI is InChI=1S/C14H9ClFN/c15-11-1-6-14-10(9-11)7-8-17(14)13-4-2-12(16)3-5-13/h1-9H. The molecule has 0 aliphatic heterocycles. The van der Waals surface area contributed by atoms with Crippen molar-refractivity contribution in [1.29, 1.82) is 0 Å². The van der Waals surface area contributed by atoms with Crippen LogP contribution in [0.1, 0.15) is 0 Å². The van der Waals surface area contributed by atoms with E-state index in [1.807, 2.05) is 35.0 Å². The van der Waals surface area contributed by atoms with Crippen molar-refractivity contribution in [1.82, 2.24) is 4.57 Å². The molecule has 0 atom stereocenters. The molecular weight excluding hydrogens is 237 g/mol. The summed E-state index contributed by atoms with van der Waals surface area (Å²) < 4.78 is 14.9. The number of benzene rings is 2. The smallest absolute Gasteiger partial charge is 0.123 e. The van der Waals surface area contributed by atoms with E-state index in [0.29, 0.717) is 5.02 Å². The van der Waals surface area contributed by atoms with Crippen molar-refractivity contribution >= 4 is 22.5 Å². The number of fused-ring (bicyclic) bond motifs is 1. The molecule has 0 spiro atoms. The van der Waals surface area contributed by atoms with Gasteiger partial charge in [-0.1, -0.05) is 11.6 Å². The Hall–Kier alpha value is -1.80. The zero-order valence-corrected chi connectivity index (χ0v) is 9.66. The van der Waals surface area contributed by atoms with E-state index in [-0.39, 0.29) is 5.82 Å². The molecule has 17 heavy (non-hydrogen) atoms. The molecule has 0 N–H and O–H groups in total. The van der Waals surface area contributed by atoms with Crippen LogP contribution in [0.2, 0.25) is 5.02 Å². The summed E-state index contributed by atoms with van der Waals surface area (Å²) >= 11 is 5.94. The molecule has 3 rings (SSSR count). The fourth-order valence-corrected chi connectivity index (χ4v) is 2.12. The fourth-order valence-electron chi connectivity index (χ4n) is 1.94. The van der Waals surface area contributed by atoms with Crippen molar-refractivity contribution in [2.45, 2.75) is 0 Å². The van der Waals surface area contributed by atoms with Crippen LogP contribution in [-0.4, -0.2) is 4.57 Å². The summed E-state index contributed by atoms with van der Waals surface area (Å²) in [5.41, 5.74) is 1.99. The molecule has 3 heteroatoms. The Balaban J connectivity index is 2.21. The van der Waals surface area contributed by atoms with Gasteiger partial charge < -0.3 is 4.57 Å². The molecule has 0 fully saturated rings. The number of rotatable bonds is 1. The van der Waals surface area contributed by atoms with Crippen LogP contribution in [0.4, 0.5) is 4.39 Å². The Morgan fingerprint density at radius 3 is 2.47 bits per heavy atom. The maximum Gasteiger partial charge on any atom is 0.123 e. The lowest BCUT2D eigenvalue weighted by molar-refractivity contribution is 0.627. The average molecular weight is 246 g/mol. The van der Waals surface area contributed by atoms with E-state index in [2.05, 4.69) is 0 Å². The molecule has 0 saturated heterocycles. The third kappa shape index (κ3) is 1.81. The molecule has 1 heterocycles. The van der Waals surface area contributed by atoms with Crippen LogP contribution >= 0.6 is 11.6 Å². The zero-order valence-electron chi connectivity index (χ0n) is 8.90. The second-order valence-electron chi connectivity index (χ2n) is 3.87. The summed E-state index contributed by atoms with van der Waals surface area (Å²) in [6, 6.07) is 14.1. The van der Waals surface area contributed by atoms with Crippen molar-refractivity contribution in [2.24, 2.45) is 0 Å². The normalized spacial score (nSPS) is 10.9. The summed E-state index contributed by atoms with van der Waals surface area (Å²) in [5.74, 6) is -0.228. The lowest BCUT2D eigenvalue weighted by Gasteiger charge is -2.05. The second kappa shape index (κ2) is 3.90. The Labute approximate surface area is 103 Å². The Morgan fingerprint density at radius 1 is 0.941 bits per heavy atom. The van der Waals surface area contributed by atoms with Crippen molar-refractivity contribution in [3.63, 3.8) is 0 Å². The van der Waals surface area contributed by atoms with Crippen LogP contribution in [0.25, 0.3) is 16.6 Å². The minimum atomic E-state index is -0.228. The van der Waals surface area contributed by atoms with Crippen molar-refractivity contribution < 1.29 is 4.39 Å². The van der Waals surface area contributed by atoms with Crippen LogP contribution in [0, 0.1) is 5.82 Å². The molecule has 0 saturated carbocycles. The maximum absolute atomic E-state index is 12.9. The van der Waals surface area contributed by atoms with Crippen molar-refractivity contribution in [3.8, 4) is 5.69 Å². The van der Waals surface area contributed by atoms with Gasteiger partial charge in [0.05, 0.1) is 5.52 Å². The molecule has 0 unspecified atom stereocenters. The highest BCUT2D eigenvalue weighted by atomic mass is 35.5. The number of halogens is 2. The van der Waals surface area contributed by atoms with Gasteiger partial charge in [-0.15, -0.1) is 0 Å². The predicted molar refractivity (Wildman–Crippen MR) is 68.2 cm³/mol. The molecule has 84 valence electrons. The summed E-state index contributed by atoms with van der Waals surface area (Å²) in [4.78, 5) is 0. The van der Waals surface area contributed by atoms with E-state index in [1.165, 1.54) is 12.1 Å². The van der Waals surface area contributed by atoms with Gasteiger partial charge in [0.1, 0.15) is 5.82 Å². The molecule has 2 aromatic carbocycles. The predicted octanol–water partition coefficient (Wildman–Crippen LogP) is 4.42. The van der Waals surface area contributed by atoms with E-state index in [0.717, 1.165) is 16.6 Å². The Bertz CT molecular complexity index is 670. The number of nitrogens with zero attached hydrogens (tertiary/aromatic N) is 1. The summed E-state index contributed by atoms with van der Waals surface area (Å²) in [7, 11) is 0. The lowest BCUT2D eigenvalue weighted by Crippen LogP contribution is -1.91. The third-order valence-electron chi connectivity index (χ3n) is 2.76. The average Bonchev–Trinajstić information content (AvgIpc) is 2.73. The molecule has 1 nitrogen and oxygen atoms in total. The topological polar surface area (TPSA) is 4.93 Å². The van der Waals surface area contributed by atoms with Crippen LogP contribution in [0.15, 0.2) is 54.7 Å². The minimum absolute atomic E-state index is 0.228. The molecule has 0 bridgehead atoms. The van der Waals surface area contributed by atoms with Gasteiger partial charge in [-0.3, -0.25) is 0 Å². The van der Waals surface area contributed by atoms with E-state index < -0.39 is 0 Å². The van der Waals surface area contributed by atoms with Gasteiger partial charge in [-0.2, -0.15) is 0 Å². The van der Waals surface area contributed by atoms with Crippen LogP contribution in [0.5, 0.6) is 0 Å². The highest BCUT2D eigenvalue weighted by molar-refractivity contribution is 6.31. The van der Waals surface area contributed by atoms with Crippen molar-refractivity contribution in [2.75, 3.05) is 0 Å². The molecule has 0 aliphatic carbocycles. The molecule has 0 radical (unpaired) electrons. The maximum atomic E-state index is 12.9. The van der Waals surface area contributed by atoms with Gasteiger partial charge in [0, 0.05) is 22.3 Å². The zero-order chi connectivity index (χ0) is 11.8. The quantitative estimate of drug-likeness (QED) is 0.598. The Morgan fingerprint density at radius 2 is 1.71 bits per heavy atom. The van der Waals surface area contributed by atoms with Gasteiger partial charge in [0.2, 0.25) is 0 Å². The molecular formula is C14H9ClFN. The first-order valence-corrected chi connectivity index (χ1v) is 5.64. The number of aromatic nitrogens is 1. The van der Waals surface area contributed by atoms with Crippen LogP contribution in [0.3, 0.4) is 0 Å². The van der Waals surface area contributed by atoms with Gasteiger partial charge >= 0.3 is 0 Å². The molecule has 1 aromatic heterocycles. The van der Waals surface area contributed by atoms with Gasteiger partial charge in [0.15, 0.2) is 0 Å². The molecule has 0 amide bonds. The number of hydrogen-bond acceptors (Lipinski definition) is 0. The second-order valence-corrected chi connectivity index (χ2v) is 4.30. The fraction of sp³-hybridized carbons (Fsp3) is 0. The molecule has 0 aliphatic rings. The van der Waals surface area contributed by atoms with Crippen molar-refractivity contribution in [3.05, 3.63) is 65.6 Å². The highest BCUT2D eigenvalue weighted by Crippen LogP contribution is 2.23. The van der Waals surface area contributed by atoms with Gasteiger partial charge in [-0.05, 0) is 48.5 Å². The van der Waals surface area contributed by atoms with Gasteiger partial charge in [-0.25, -0.2) is 4.39 Å². The first-order chi connectivity index (χ1) is 8.24.